The Balaban J connectivity index is 2.37. The van der Waals surface area contributed by atoms with Crippen LogP contribution in [0.2, 0.25) is 0 Å². The third-order valence-corrected chi connectivity index (χ3v) is 2.81. The number of H-pyrrole nitrogens is 1. The normalized spacial score (nSPS) is 10.8. The van der Waals surface area contributed by atoms with Crippen molar-refractivity contribution in [3.05, 3.63) is 41.5 Å². The van der Waals surface area contributed by atoms with Crippen molar-refractivity contribution in [1.82, 2.24) is 9.97 Å². The lowest BCUT2D eigenvalue weighted by molar-refractivity contribution is 0.616. The van der Waals surface area contributed by atoms with Gasteiger partial charge in [0.25, 0.3) is 0 Å². The third kappa shape index (κ3) is 1.60. The number of rotatable bonds is 1. The van der Waals surface area contributed by atoms with E-state index in [0.29, 0.717) is 10.5 Å². The highest BCUT2D eigenvalue weighted by atomic mass is 32.1. The second kappa shape index (κ2) is 3.71. The maximum absolute atomic E-state index is 5.91. The summed E-state index contributed by atoms with van der Waals surface area (Å²) in [6.07, 6.45) is 3.22. The standard InChI is InChI=1S/C12H9N3OS/c13-9-6-14-12(17)15-11(9)8-2-1-3-10-7(8)4-5-16-10/h1-6H,13H2,(H,14,15,17). The molecule has 84 valence electrons. The number of nitrogens with zero attached hydrogens (tertiary/aromatic N) is 1. The van der Waals surface area contributed by atoms with Gasteiger partial charge in [-0.3, -0.25) is 0 Å². The second-order valence-corrected chi connectivity index (χ2v) is 4.04. The van der Waals surface area contributed by atoms with Crippen LogP contribution in [0.5, 0.6) is 0 Å². The number of furan rings is 1. The molecule has 0 radical (unpaired) electrons. The molecule has 0 fully saturated rings. The van der Waals surface area contributed by atoms with E-state index in [9.17, 15) is 0 Å². The summed E-state index contributed by atoms with van der Waals surface area (Å²) in [5.74, 6) is 0. The first-order valence-electron chi connectivity index (χ1n) is 5.07. The Labute approximate surface area is 102 Å². The van der Waals surface area contributed by atoms with E-state index in [4.69, 9.17) is 22.4 Å². The van der Waals surface area contributed by atoms with Crippen LogP contribution in [-0.2, 0) is 0 Å². The lowest BCUT2D eigenvalue weighted by Gasteiger charge is -2.06. The number of benzene rings is 1. The van der Waals surface area contributed by atoms with Crippen LogP contribution in [0.4, 0.5) is 5.69 Å². The Bertz CT molecular complexity index is 745. The fourth-order valence-corrected chi connectivity index (χ4v) is 1.99. The maximum atomic E-state index is 5.91. The Kier molecular flexibility index (Phi) is 2.19. The molecular formula is C12H9N3OS. The molecule has 0 atom stereocenters. The number of nitrogen functional groups attached to an aromatic ring is 1. The monoisotopic (exact) mass is 243 g/mol. The topological polar surface area (TPSA) is 67.8 Å². The zero-order valence-electron chi connectivity index (χ0n) is 8.81. The number of hydrogen-bond donors (Lipinski definition) is 2. The molecule has 0 bridgehead atoms. The quantitative estimate of drug-likeness (QED) is 0.644. The van der Waals surface area contributed by atoms with Crippen molar-refractivity contribution in [2.75, 3.05) is 5.73 Å². The summed E-state index contributed by atoms with van der Waals surface area (Å²) in [4.78, 5) is 6.95. The first-order chi connectivity index (χ1) is 8.25. The molecule has 0 saturated carbocycles. The van der Waals surface area contributed by atoms with Crippen LogP contribution in [0.25, 0.3) is 22.2 Å². The molecular weight excluding hydrogens is 234 g/mol. The van der Waals surface area contributed by atoms with Gasteiger partial charge in [0, 0.05) is 10.9 Å². The molecule has 0 saturated heterocycles. The summed E-state index contributed by atoms with van der Waals surface area (Å²) >= 11 is 5.02. The van der Waals surface area contributed by atoms with Crippen molar-refractivity contribution in [2.24, 2.45) is 0 Å². The average molecular weight is 243 g/mol. The highest BCUT2D eigenvalue weighted by molar-refractivity contribution is 7.71. The minimum atomic E-state index is 0.412. The minimum absolute atomic E-state index is 0.412. The summed E-state index contributed by atoms with van der Waals surface area (Å²) in [6, 6.07) is 7.69. The number of aromatic amines is 1. The van der Waals surface area contributed by atoms with E-state index < -0.39 is 0 Å². The van der Waals surface area contributed by atoms with E-state index in [1.807, 2.05) is 24.3 Å². The van der Waals surface area contributed by atoms with Crippen molar-refractivity contribution in [3.63, 3.8) is 0 Å². The Hall–Kier alpha value is -2.14. The van der Waals surface area contributed by atoms with Crippen molar-refractivity contribution in [1.29, 1.82) is 0 Å². The number of fused-ring (bicyclic) bond motifs is 1. The fourth-order valence-electron chi connectivity index (χ4n) is 1.84. The van der Waals surface area contributed by atoms with Gasteiger partial charge in [-0.2, -0.15) is 0 Å². The molecule has 1 aromatic carbocycles. The molecule has 0 spiro atoms. The molecule has 3 N–H and O–H groups in total. The van der Waals surface area contributed by atoms with Crippen LogP contribution < -0.4 is 5.73 Å². The van der Waals surface area contributed by atoms with Crippen LogP contribution in [-0.4, -0.2) is 9.97 Å². The smallest absolute Gasteiger partial charge is 0.197 e. The van der Waals surface area contributed by atoms with Gasteiger partial charge in [-0.15, -0.1) is 0 Å². The van der Waals surface area contributed by atoms with E-state index >= 15 is 0 Å². The summed E-state index contributed by atoms with van der Waals surface area (Å²) in [7, 11) is 0. The summed E-state index contributed by atoms with van der Waals surface area (Å²) < 4.78 is 5.77. The number of aromatic nitrogens is 2. The first-order valence-corrected chi connectivity index (χ1v) is 5.48. The van der Waals surface area contributed by atoms with Crippen LogP contribution in [0.3, 0.4) is 0 Å². The zero-order valence-corrected chi connectivity index (χ0v) is 9.62. The van der Waals surface area contributed by atoms with Gasteiger partial charge in [-0.1, -0.05) is 12.1 Å². The fraction of sp³-hybridized carbons (Fsp3) is 0. The number of hydrogen-bond acceptors (Lipinski definition) is 4. The molecule has 0 aliphatic rings. The van der Waals surface area contributed by atoms with Gasteiger partial charge in [0.2, 0.25) is 0 Å². The van der Waals surface area contributed by atoms with Crippen molar-refractivity contribution in [2.45, 2.75) is 0 Å². The second-order valence-electron chi connectivity index (χ2n) is 3.66. The van der Waals surface area contributed by atoms with Gasteiger partial charge in [0.05, 0.1) is 23.8 Å². The zero-order chi connectivity index (χ0) is 11.8. The molecule has 3 aromatic rings. The number of anilines is 1. The SMILES string of the molecule is Nc1cnc(=S)[nH]c1-c1cccc2occc12. The molecule has 0 unspecified atom stereocenters. The molecule has 4 nitrogen and oxygen atoms in total. The summed E-state index contributed by atoms with van der Waals surface area (Å²) in [5.41, 5.74) is 9.03. The Morgan fingerprint density at radius 3 is 3.06 bits per heavy atom. The van der Waals surface area contributed by atoms with Gasteiger partial charge in [-0.25, -0.2) is 4.98 Å². The van der Waals surface area contributed by atoms with Crippen LogP contribution in [0.1, 0.15) is 0 Å². The van der Waals surface area contributed by atoms with E-state index in [1.54, 1.807) is 12.5 Å². The lowest BCUT2D eigenvalue weighted by atomic mass is 10.1. The van der Waals surface area contributed by atoms with E-state index in [0.717, 1.165) is 22.2 Å². The largest absolute Gasteiger partial charge is 0.464 e. The Morgan fingerprint density at radius 2 is 2.18 bits per heavy atom. The molecule has 2 aromatic heterocycles. The van der Waals surface area contributed by atoms with E-state index in [-0.39, 0.29) is 0 Å². The van der Waals surface area contributed by atoms with Crippen LogP contribution in [0.15, 0.2) is 41.1 Å². The van der Waals surface area contributed by atoms with Gasteiger partial charge in [0.15, 0.2) is 4.77 Å². The van der Waals surface area contributed by atoms with E-state index in [1.165, 1.54) is 0 Å². The summed E-state index contributed by atoms with van der Waals surface area (Å²) in [5, 5.41) is 0.996. The van der Waals surface area contributed by atoms with Crippen molar-refractivity contribution in [3.8, 4) is 11.3 Å². The molecule has 0 aliphatic carbocycles. The molecule has 0 amide bonds. The molecule has 17 heavy (non-hydrogen) atoms. The minimum Gasteiger partial charge on any atom is -0.464 e. The predicted octanol–water partition coefficient (Wildman–Crippen LogP) is 3.13. The van der Waals surface area contributed by atoms with Crippen LogP contribution >= 0.6 is 12.2 Å². The number of nitrogens with one attached hydrogen (secondary N) is 1. The maximum Gasteiger partial charge on any atom is 0.197 e. The highest BCUT2D eigenvalue weighted by Gasteiger charge is 2.09. The predicted molar refractivity (Wildman–Crippen MR) is 69.0 cm³/mol. The summed E-state index contributed by atoms with van der Waals surface area (Å²) in [6.45, 7) is 0. The van der Waals surface area contributed by atoms with Crippen LogP contribution in [0, 0.1) is 4.77 Å². The van der Waals surface area contributed by atoms with Gasteiger partial charge in [0.1, 0.15) is 5.58 Å². The van der Waals surface area contributed by atoms with Gasteiger partial charge < -0.3 is 15.1 Å². The van der Waals surface area contributed by atoms with Gasteiger partial charge >= 0.3 is 0 Å². The molecule has 3 rings (SSSR count). The Morgan fingerprint density at radius 1 is 1.29 bits per heavy atom. The average Bonchev–Trinajstić information content (AvgIpc) is 2.80. The number of nitrogens with two attached hydrogens (primary N) is 1. The van der Waals surface area contributed by atoms with E-state index in [2.05, 4.69) is 9.97 Å². The van der Waals surface area contributed by atoms with Crippen molar-refractivity contribution >= 4 is 28.9 Å². The first kappa shape index (κ1) is 10.0. The molecule has 5 heteroatoms. The third-order valence-electron chi connectivity index (χ3n) is 2.61. The highest BCUT2D eigenvalue weighted by Crippen LogP contribution is 2.30. The van der Waals surface area contributed by atoms with Crippen molar-refractivity contribution < 1.29 is 4.42 Å². The lowest BCUT2D eigenvalue weighted by Crippen LogP contribution is -1.95. The molecule has 0 aliphatic heterocycles. The van der Waals surface area contributed by atoms with Gasteiger partial charge in [-0.05, 0) is 24.4 Å². The molecule has 2 heterocycles.